The standard InChI is InChI=1S/C11H13ClN2O5S/c1-2-5-13(6-7-15)20(18,19)9-3-4-10(12)11(8-9)14(16)17/h2-4,8,15H,1,5-7H2. The van der Waals surface area contributed by atoms with Crippen molar-refractivity contribution in [2.75, 3.05) is 19.7 Å². The molecule has 0 fully saturated rings. The van der Waals surface area contributed by atoms with Gasteiger partial charge in [-0.2, -0.15) is 4.31 Å². The molecular formula is C11H13ClN2O5S. The minimum Gasteiger partial charge on any atom is -0.395 e. The molecule has 0 aromatic heterocycles. The molecule has 0 spiro atoms. The highest BCUT2D eigenvalue weighted by molar-refractivity contribution is 7.89. The fraction of sp³-hybridized carbons (Fsp3) is 0.273. The molecule has 0 radical (unpaired) electrons. The maximum absolute atomic E-state index is 12.3. The Hall–Kier alpha value is -1.48. The number of hydrogen-bond donors (Lipinski definition) is 1. The molecule has 0 unspecified atom stereocenters. The van der Waals surface area contributed by atoms with Gasteiger partial charge in [0, 0.05) is 19.2 Å². The van der Waals surface area contributed by atoms with E-state index >= 15 is 0 Å². The average molecular weight is 321 g/mol. The van der Waals surface area contributed by atoms with Crippen molar-refractivity contribution in [3.63, 3.8) is 0 Å². The first-order valence-corrected chi connectivity index (χ1v) is 7.32. The summed E-state index contributed by atoms with van der Waals surface area (Å²) in [6, 6.07) is 3.22. The summed E-state index contributed by atoms with van der Waals surface area (Å²) in [5.41, 5.74) is -0.490. The molecule has 0 saturated heterocycles. The molecule has 0 saturated carbocycles. The van der Waals surface area contributed by atoms with E-state index in [1.54, 1.807) is 0 Å². The van der Waals surface area contributed by atoms with Crippen LogP contribution in [0.1, 0.15) is 0 Å². The lowest BCUT2D eigenvalue weighted by atomic mass is 10.3. The van der Waals surface area contributed by atoms with Crippen molar-refractivity contribution in [1.82, 2.24) is 4.31 Å². The van der Waals surface area contributed by atoms with Gasteiger partial charge in [-0.15, -0.1) is 6.58 Å². The van der Waals surface area contributed by atoms with E-state index in [0.29, 0.717) is 0 Å². The average Bonchev–Trinajstić information content (AvgIpc) is 2.38. The molecular weight excluding hydrogens is 308 g/mol. The van der Waals surface area contributed by atoms with Gasteiger partial charge in [-0.25, -0.2) is 8.42 Å². The summed E-state index contributed by atoms with van der Waals surface area (Å²) < 4.78 is 25.6. The van der Waals surface area contributed by atoms with Crippen LogP contribution in [0.2, 0.25) is 5.02 Å². The van der Waals surface area contributed by atoms with Gasteiger partial charge in [-0.3, -0.25) is 10.1 Å². The van der Waals surface area contributed by atoms with Crippen LogP contribution in [0.15, 0.2) is 35.7 Å². The Balaban J connectivity index is 3.30. The molecule has 0 bridgehead atoms. The first kappa shape index (κ1) is 16.6. The highest BCUT2D eigenvalue weighted by atomic mass is 35.5. The fourth-order valence-electron chi connectivity index (χ4n) is 1.51. The van der Waals surface area contributed by atoms with E-state index in [-0.39, 0.29) is 29.6 Å². The van der Waals surface area contributed by atoms with Crippen molar-refractivity contribution in [2.24, 2.45) is 0 Å². The van der Waals surface area contributed by atoms with Crippen LogP contribution in [0.5, 0.6) is 0 Å². The Morgan fingerprint density at radius 3 is 2.65 bits per heavy atom. The van der Waals surface area contributed by atoms with E-state index in [4.69, 9.17) is 16.7 Å². The fourth-order valence-corrected chi connectivity index (χ4v) is 3.12. The van der Waals surface area contributed by atoms with Gasteiger partial charge in [0.2, 0.25) is 10.0 Å². The second kappa shape index (κ2) is 6.80. The number of halogens is 1. The number of nitrogens with zero attached hydrogens (tertiary/aromatic N) is 2. The van der Waals surface area contributed by atoms with Crippen molar-refractivity contribution in [3.8, 4) is 0 Å². The topological polar surface area (TPSA) is 101 Å². The summed E-state index contributed by atoms with van der Waals surface area (Å²) in [5.74, 6) is 0. The van der Waals surface area contributed by atoms with Gasteiger partial charge in [-0.1, -0.05) is 17.7 Å². The molecule has 9 heteroatoms. The van der Waals surface area contributed by atoms with Crippen molar-refractivity contribution in [3.05, 3.63) is 46.0 Å². The number of aliphatic hydroxyl groups is 1. The summed E-state index contributed by atoms with van der Waals surface area (Å²) in [4.78, 5) is 9.76. The van der Waals surface area contributed by atoms with Crippen molar-refractivity contribution < 1.29 is 18.4 Å². The predicted molar refractivity (Wildman–Crippen MR) is 74.1 cm³/mol. The van der Waals surface area contributed by atoms with Gasteiger partial charge < -0.3 is 5.11 Å². The van der Waals surface area contributed by atoms with Crippen LogP contribution in [0.4, 0.5) is 5.69 Å². The molecule has 1 aromatic carbocycles. The molecule has 0 aliphatic heterocycles. The third-order valence-corrected chi connectivity index (χ3v) is 4.61. The van der Waals surface area contributed by atoms with E-state index < -0.39 is 20.6 Å². The van der Waals surface area contributed by atoms with Crippen LogP contribution < -0.4 is 0 Å². The first-order chi connectivity index (χ1) is 9.34. The summed E-state index contributed by atoms with van der Waals surface area (Å²) in [6.45, 7) is 2.91. The SMILES string of the molecule is C=CCN(CCO)S(=O)(=O)c1ccc(Cl)c([N+](=O)[O-])c1. The summed E-state index contributed by atoms with van der Waals surface area (Å²) in [5, 5.41) is 19.5. The van der Waals surface area contributed by atoms with Crippen LogP contribution in [0.25, 0.3) is 0 Å². The highest BCUT2D eigenvalue weighted by Gasteiger charge is 2.26. The summed E-state index contributed by atoms with van der Waals surface area (Å²) >= 11 is 5.64. The number of nitro groups is 1. The molecule has 1 aromatic rings. The lowest BCUT2D eigenvalue weighted by molar-refractivity contribution is -0.384. The Bertz CT molecular complexity index is 617. The van der Waals surface area contributed by atoms with E-state index in [0.717, 1.165) is 16.4 Å². The highest BCUT2D eigenvalue weighted by Crippen LogP contribution is 2.28. The minimum atomic E-state index is -3.96. The maximum atomic E-state index is 12.3. The first-order valence-electron chi connectivity index (χ1n) is 5.50. The van der Waals surface area contributed by atoms with Gasteiger partial charge in [0.25, 0.3) is 5.69 Å². The Labute approximate surface area is 121 Å². The van der Waals surface area contributed by atoms with Crippen molar-refractivity contribution >= 4 is 27.3 Å². The lowest BCUT2D eigenvalue weighted by Crippen LogP contribution is -2.33. The number of benzene rings is 1. The van der Waals surface area contributed by atoms with E-state index in [1.165, 1.54) is 12.1 Å². The lowest BCUT2D eigenvalue weighted by Gasteiger charge is -2.19. The Kier molecular flexibility index (Phi) is 5.63. The van der Waals surface area contributed by atoms with Crippen molar-refractivity contribution in [2.45, 2.75) is 4.90 Å². The normalized spacial score (nSPS) is 11.6. The van der Waals surface area contributed by atoms with E-state index in [2.05, 4.69) is 6.58 Å². The largest absolute Gasteiger partial charge is 0.395 e. The van der Waals surface area contributed by atoms with Gasteiger partial charge in [0.15, 0.2) is 0 Å². The zero-order valence-corrected chi connectivity index (χ0v) is 12.0. The number of sulfonamides is 1. The third-order valence-electron chi connectivity index (χ3n) is 2.43. The van der Waals surface area contributed by atoms with E-state index in [9.17, 15) is 18.5 Å². The molecule has 0 atom stereocenters. The quantitative estimate of drug-likeness (QED) is 0.465. The second-order valence-corrected chi connectivity index (χ2v) is 6.09. The smallest absolute Gasteiger partial charge is 0.289 e. The molecule has 20 heavy (non-hydrogen) atoms. The molecule has 0 aliphatic carbocycles. The zero-order chi connectivity index (χ0) is 15.3. The third kappa shape index (κ3) is 3.54. The van der Waals surface area contributed by atoms with Crippen LogP contribution in [0.3, 0.4) is 0 Å². The van der Waals surface area contributed by atoms with Crippen LogP contribution in [-0.2, 0) is 10.0 Å². The monoisotopic (exact) mass is 320 g/mol. The van der Waals surface area contributed by atoms with E-state index in [1.807, 2.05) is 0 Å². The number of rotatable bonds is 7. The maximum Gasteiger partial charge on any atom is 0.289 e. The van der Waals surface area contributed by atoms with Gasteiger partial charge in [-0.05, 0) is 12.1 Å². The minimum absolute atomic E-state index is 0.0146. The van der Waals surface area contributed by atoms with Crippen LogP contribution in [0, 0.1) is 10.1 Å². The molecule has 110 valence electrons. The Morgan fingerprint density at radius 2 is 2.15 bits per heavy atom. The summed E-state index contributed by atoms with van der Waals surface area (Å²) in [7, 11) is -3.96. The van der Waals surface area contributed by atoms with Crippen LogP contribution >= 0.6 is 11.6 Å². The number of nitro benzene ring substituents is 1. The number of aliphatic hydroxyl groups excluding tert-OH is 1. The molecule has 0 aliphatic rings. The number of hydrogen-bond acceptors (Lipinski definition) is 5. The predicted octanol–water partition coefficient (Wildman–Crippen LogP) is 1.42. The molecule has 7 nitrogen and oxygen atoms in total. The Morgan fingerprint density at radius 1 is 1.50 bits per heavy atom. The molecule has 1 rings (SSSR count). The van der Waals surface area contributed by atoms with Gasteiger partial charge in [0.05, 0.1) is 16.4 Å². The van der Waals surface area contributed by atoms with Crippen molar-refractivity contribution in [1.29, 1.82) is 0 Å². The summed E-state index contributed by atoms with van der Waals surface area (Å²) in [6.07, 6.45) is 1.36. The van der Waals surface area contributed by atoms with Gasteiger partial charge >= 0.3 is 0 Å². The molecule has 0 heterocycles. The van der Waals surface area contributed by atoms with Gasteiger partial charge in [0.1, 0.15) is 5.02 Å². The zero-order valence-electron chi connectivity index (χ0n) is 10.4. The molecule has 1 N–H and O–H groups in total. The second-order valence-electron chi connectivity index (χ2n) is 3.75. The van der Waals surface area contributed by atoms with Crippen LogP contribution in [-0.4, -0.2) is 42.4 Å². The molecule has 0 amide bonds.